The van der Waals surface area contributed by atoms with Gasteiger partial charge in [-0.1, -0.05) is 41.4 Å². The van der Waals surface area contributed by atoms with Crippen LogP contribution in [-0.4, -0.2) is 66.5 Å². The molecule has 1 saturated heterocycles. The van der Waals surface area contributed by atoms with Crippen molar-refractivity contribution < 1.29 is 34.2 Å². The van der Waals surface area contributed by atoms with Crippen LogP contribution in [0.3, 0.4) is 0 Å². The van der Waals surface area contributed by atoms with E-state index >= 15 is 0 Å². The second-order valence-electron chi connectivity index (χ2n) is 10.9. The number of nitrogens with one attached hydrogen (secondary N) is 2. The van der Waals surface area contributed by atoms with Gasteiger partial charge in [0, 0.05) is 29.7 Å². The SMILES string of the molecule is CC1(C)SC(C)(C)N(C(=O)CCCC(=O)O)C1C(=O)NC(Cc1ccc(NC(=O)c2c(Cl)cccc2Cl)cc1)C(=O)O. The highest BCUT2D eigenvalue weighted by molar-refractivity contribution is 8.02. The lowest BCUT2D eigenvalue weighted by atomic mass is 9.97. The first-order chi connectivity index (χ1) is 19.5. The maximum atomic E-state index is 13.6. The molecule has 10 nitrogen and oxygen atoms in total. The number of rotatable bonds is 11. The lowest BCUT2D eigenvalue weighted by Crippen LogP contribution is -2.59. The second-order valence-corrected chi connectivity index (χ2v) is 14.0. The summed E-state index contributed by atoms with van der Waals surface area (Å²) in [6.07, 6.45) is -0.156. The van der Waals surface area contributed by atoms with E-state index in [-0.39, 0.29) is 47.2 Å². The first-order valence-electron chi connectivity index (χ1n) is 13.1. The van der Waals surface area contributed by atoms with Crippen molar-refractivity contribution in [2.75, 3.05) is 5.32 Å². The zero-order chi connectivity index (χ0) is 31.4. The quantitative estimate of drug-likeness (QED) is 0.266. The summed E-state index contributed by atoms with van der Waals surface area (Å²) in [7, 11) is 0. The third-order valence-corrected chi connectivity index (χ3v) is 8.84. The fourth-order valence-electron chi connectivity index (χ4n) is 5.08. The summed E-state index contributed by atoms with van der Waals surface area (Å²) >= 11 is 13.6. The summed E-state index contributed by atoms with van der Waals surface area (Å²) in [6.45, 7) is 7.23. The third kappa shape index (κ3) is 7.96. The molecule has 226 valence electrons. The van der Waals surface area contributed by atoms with Gasteiger partial charge in [0.1, 0.15) is 12.1 Å². The van der Waals surface area contributed by atoms with Crippen LogP contribution in [0.15, 0.2) is 42.5 Å². The average Bonchev–Trinajstić information content (AvgIpc) is 3.07. The number of thioether (sulfide) groups is 1. The Bertz CT molecular complexity index is 1360. The van der Waals surface area contributed by atoms with Crippen molar-refractivity contribution in [3.63, 3.8) is 0 Å². The number of carbonyl (C=O) groups is 5. The standard InChI is InChI=1S/C29H33Cl2N3O7S/c1-28(2)24(34(29(3,4)42-28)21(35)9-6-10-22(36)37)26(39)33-20(27(40)41)15-16-11-13-17(14-12-16)32-25(38)23-18(30)7-5-8-19(23)31/h5,7-8,11-14,20,24H,6,9-10,15H2,1-4H3,(H,32,38)(H,33,39)(H,36,37)(H,40,41). The van der Waals surface area contributed by atoms with Gasteiger partial charge in [0.15, 0.2) is 0 Å². The van der Waals surface area contributed by atoms with Crippen LogP contribution in [0.1, 0.15) is 62.9 Å². The fraction of sp³-hybridized carbons (Fsp3) is 0.414. The number of hydrogen-bond acceptors (Lipinski definition) is 6. The fourth-order valence-corrected chi connectivity index (χ4v) is 7.56. The Labute approximate surface area is 258 Å². The van der Waals surface area contributed by atoms with Gasteiger partial charge >= 0.3 is 11.9 Å². The number of nitrogens with zero attached hydrogens (tertiary/aromatic N) is 1. The minimum absolute atomic E-state index is 0.0515. The van der Waals surface area contributed by atoms with Crippen LogP contribution in [-0.2, 0) is 25.6 Å². The molecule has 3 rings (SSSR count). The molecular formula is C29H33Cl2N3O7S. The monoisotopic (exact) mass is 637 g/mol. The summed E-state index contributed by atoms with van der Waals surface area (Å²) in [5.41, 5.74) is 1.14. The molecule has 0 bridgehead atoms. The summed E-state index contributed by atoms with van der Waals surface area (Å²) < 4.78 is -0.747. The summed E-state index contributed by atoms with van der Waals surface area (Å²) in [6, 6.07) is 8.88. The molecule has 1 fully saturated rings. The highest BCUT2D eigenvalue weighted by Crippen LogP contribution is 2.51. The molecular weight excluding hydrogens is 605 g/mol. The Hall–Kier alpha value is -3.28. The predicted molar refractivity (Wildman–Crippen MR) is 162 cm³/mol. The van der Waals surface area contributed by atoms with Crippen LogP contribution in [0.5, 0.6) is 0 Å². The molecule has 2 aromatic carbocycles. The van der Waals surface area contributed by atoms with Crippen molar-refractivity contribution in [3.05, 3.63) is 63.6 Å². The molecule has 2 atom stereocenters. The average molecular weight is 639 g/mol. The summed E-state index contributed by atoms with van der Waals surface area (Å²) in [5.74, 6) is -3.76. The van der Waals surface area contributed by atoms with Gasteiger partial charge in [-0.3, -0.25) is 19.2 Å². The van der Waals surface area contributed by atoms with Crippen LogP contribution in [0.4, 0.5) is 5.69 Å². The largest absolute Gasteiger partial charge is 0.481 e. The number of carboxylic acid groups (broad SMARTS) is 2. The Morgan fingerprint density at radius 2 is 1.55 bits per heavy atom. The highest BCUT2D eigenvalue weighted by atomic mass is 35.5. The van der Waals surface area contributed by atoms with Crippen molar-refractivity contribution in [2.45, 2.75) is 75.1 Å². The molecule has 1 aliphatic rings. The number of hydrogen-bond donors (Lipinski definition) is 4. The first-order valence-corrected chi connectivity index (χ1v) is 14.7. The number of aliphatic carboxylic acids is 2. The smallest absolute Gasteiger partial charge is 0.326 e. The number of anilines is 1. The first kappa shape index (κ1) is 33.2. The molecule has 2 unspecified atom stereocenters. The van der Waals surface area contributed by atoms with E-state index in [0.29, 0.717) is 11.3 Å². The van der Waals surface area contributed by atoms with Gasteiger partial charge in [-0.05, 0) is 63.9 Å². The number of carbonyl (C=O) groups excluding carboxylic acids is 3. The normalized spacial score (nSPS) is 17.8. The Kier molecular flexibility index (Phi) is 10.6. The maximum Gasteiger partial charge on any atom is 0.326 e. The van der Waals surface area contributed by atoms with Crippen LogP contribution >= 0.6 is 35.0 Å². The second kappa shape index (κ2) is 13.4. The van der Waals surface area contributed by atoms with Gasteiger partial charge in [-0.25, -0.2) is 4.79 Å². The van der Waals surface area contributed by atoms with E-state index in [1.54, 1.807) is 56.3 Å². The van der Waals surface area contributed by atoms with E-state index < -0.39 is 45.5 Å². The minimum Gasteiger partial charge on any atom is -0.481 e. The zero-order valence-electron chi connectivity index (χ0n) is 23.6. The van der Waals surface area contributed by atoms with Gasteiger partial charge in [-0.2, -0.15) is 0 Å². The number of carboxylic acids is 2. The molecule has 3 amide bonds. The van der Waals surface area contributed by atoms with Crippen molar-refractivity contribution in [1.29, 1.82) is 0 Å². The molecule has 0 radical (unpaired) electrons. The van der Waals surface area contributed by atoms with E-state index in [2.05, 4.69) is 10.6 Å². The van der Waals surface area contributed by atoms with Gasteiger partial charge in [0.2, 0.25) is 11.8 Å². The minimum atomic E-state index is -1.30. The molecule has 0 aliphatic carbocycles. The van der Waals surface area contributed by atoms with Gasteiger partial charge in [0.25, 0.3) is 5.91 Å². The number of benzene rings is 2. The molecule has 13 heteroatoms. The van der Waals surface area contributed by atoms with E-state index in [0.717, 1.165) is 0 Å². The van der Waals surface area contributed by atoms with Crippen molar-refractivity contribution >= 4 is 70.3 Å². The Morgan fingerprint density at radius 3 is 2.10 bits per heavy atom. The Morgan fingerprint density at radius 1 is 0.952 bits per heavy atom. The predicted octanol–water partition coefficient (Wildman–Crippen LogP) is 5.07. The van der Waals surface area contributed by atoms with Gasteiger partial charge in [0.05, 0.1) is 20.5 Å². The van der Waals surface area contributed by atoms with E-state index in [1.807, 2.05) is 13.8 Å². The lowest BCUT2D eigenvalue weighted by Gasteiger charge is -2.35. The van der Waals surface area contributed by atoms with Crippen LogP contribution < -0.4 is 10.6 Å². The molecule has 42 heavy (non-hydrogen) atoms. The maximum absolute atomic E-state index is 13.6. The molecule has 4 N–H and O–H groups in total. The molecule has 1 heterocycles. The van der Waals surface area contributed by atoms with Crippen molar-refractivity contribution in [1.82, 2.24) is 10.2 Å². The van der Waals surface area contributed by atoms with Crippen molar-refractivity contribution in [2.24, 2.45) is 0 Å². The molecule has 1 aliphatic heterocycles. The van der Waals surface area contributed by atoms with E-state index in [9.17, 15) is 29.1 Å². The van der Waals surface area contributed by atoms with E-state index in [1.165, 1.54) is 16.7 Å². The zero-order valence-corrected chi connectivity index (χ0v) is 25.9. The Balaban J connectivity index is 1.73. The van der Waals surface area contributed by atoms with Crippen LogP contribution in [0.2, 0.25) is 10.0 Å². The number of amides is 3. The number of halogens is 2. The van der Waals surface area contributed by atoms with Gasteiger partial charge < -0.3 is 25.7 Å². The summed E-state index contributed by atoms with van der Waals surface area (Å²) in [4.78, 5) is 63.1. The van der Waals surface area contributed by atoms with Crippen molar-refractivity contribution in [3.8, 4) is 0 Å². The van der Waals surface area contributed by atoms with Crippen LogP contribution in [0, 0.1) is 0 Å². The molecule has 0 saturated carbocycles. The van der Waals surface area contributed by atoms with Crippen LogP contribution in [0.25, 0.3) is 0 Å². The van der Waals surface area contributed by atoms with Gasteiger partial charge in [-0.15, -0.1) is 11.8 Å². The highest BCUT2D eigenvalue weighted by Gasteiger charge is 2.56. The topological polar surface area (TPSA) is 153 Å². The van der Waals surface area contributed by atoms with E-state index in [4.69, 9.17) is 28.3 Å². The molecule has 2 aromatic rings. The third-order valence-electron chi connectivity index (χ3n) is 6.76. The molecule has 0 aromatic heterocycles. The lowest BCUT2D eigenvalue weighted by molar-refractivity contribution is -0.146. The molecule has 0 spiro atoms. The summed E-state index contributed by atoms with van der Waals surface area (Å²) in [5, 5.41) is 24.5.